The molecule has 1 aliphatic heterocycles. The minimum absolute atomic E-state index is 0.0726. The van der Waals surface area contributed by atoms with E-state index in [9.17, 15) is 9.18 Å². The van der Waals surface area contributed by atoms with Crippen molar-refractivity contribution >= 4 is 16.9 Å². The first-order valence-electron chi connectivity index (χ1n) is 8.95. The summed E-state index contributed by atoms with van der Waals surface area (Å²) in [4.78, 5) is 16.4. The Morgan fingerprint density at radius 3 is 2.84 bits per heavy atom. The standard InChI is InChI=1S/C20H22FNO3/c1-2-24-19(23)18-20(12-25-18)8-5-13(6-9-20)15-7-10-22-17-4-3-14(21)11-16(15)17/h3-4,7,10-11,13,18H,2,5-6,8-9,12H2,1H3. The minimum Gasteiger partial charge on any atom is -0.464 e. The van der Waals surface area contributed by atoms with Crippen LogP contribution in [0, 0.1) is 11.2 Å². The maximum atomic E-state index is 13.7. The molecule has 1 aromatic carbocycles. The molecular formula is C20H22FNO3. The molecule has 4 nitrogen and oxygen atoms in total. The van der Waals surface area contributed by atoms with E-state index in [0.29, 0.717) is 19.1 Å². The van der Waals surface area contributed by atoms with Crippen LogP contribution in [0.5, 0.6) is 0 Å². The summed E-state index contributed by atoms with van der Waals surface area (Å²) in [5.74, 6) is -0.103. The van der Waals surface area contributed by atoms with Crippen molar-refractivity contribution in [2.45, 2.75) is 44.6 Å². The quantitative estimate of drug-likeness (QED) is 0.791. The van der Waals surface area contributed by atoms with Gasteiger partial charge in [-0.3, -0.25) is 4.98 Å². The van der Waals surface area contributed by atoms with Crippen molar-refractivity contribution in [3.63, 3.8) is 0 Å². The second-order valence-electron chi connectivity index (χ2n) is 7.14. The molecule has 2 heterocycles. The fraction of sp³-hybridized carbons (Fsp3) is 0.500. The van der Waals surface area contributed by atoms with Gasteiger partial charge in [0.2, 0.25) is 0 Å². The SMILES string of the molecule is CCOC(=O)C1OCC12CCC(c1ccnc3ccc(F)cc13)CC2. The molecule has 1 spiro atoms. The third-order valence-electron chi connectivity index (χ3n) is 5.75. The van der Waals surface area contributed by atoms with E-state index >= 15 is 0 Å². The molecule has 132 valence electrons. The van der Waals surface area contributed by atoms with Gasteiger partial charge in [0, 0.05) is 17.0 Å². The van der Waals surface area contributed by atoms with E-state index in [1.807, 2.05) is 13.0 Å². The molecule has 1 unspecified atom stereocenters. The number of hydrogen-bond donors (Lipinski definition) is 0. The molecule has 1 saturated carbocycles. The highest BCUT2D eigenvalue weighted by Gasteiger charge is 2.54. The van der Waals surface area contributed by atoms with Crippen LogP contribution in [0.3, 0.4) is 0 Å². The molecule has 5 heteroatoms. The van der Waals surface area contributed by atoms with Crippen LogP contribution in [-0.4, -0.2) is 30.3 Å². The fourth-order valence-electron chi connectivity index (χ4n) is 4.34. The number of esters is 1. The molecule has 25 heavy (non-hydrogen) atoms. The van der Waals surface area contributed by atoms with Crippen LogP contribution >= 0.6 is 0 Å². The number of carbonyl (C=O) groups is 1. The Bertz CT molecular complexity index is 799. The number of halogens is 1. The predicted octanol–water partition coefficient (Wildman–Crippen LogP) is 3.98. The predicted molar refractivity (Wildman–Crippen MR) is 91.7 cm³/mol. The molecule has 0 N–H and O–H groups in total. The molecule has 1 aliphatic carbocycles. The summed E-state index contributed by atoms with van der Waals surface area (Å²) in [7, 11) is 0. The summed E-state index contributed by atoms with van der Waals surface area (Å²) in [6, 6.07) is 6.76. The lowest BCUT2D eigenvalue weighted by molar-refractivity contribution is -0.221. The van der Waals surface area contributed by atoms with Gasteiger partial charge in [-0.1, -0.05) is 0 Å². The summed E-state index contributed by atoms with van der Waals surface area (Å²) < 4.78 is 24.4. The van der Waals surface area contributed by atoms with Crippen LogP contribution in [0.4, 0.5) is 4.39 Å². The largest absolute Gasteiger partial charge is 0.464 e. The Labute approximate surface area is 146 Å². The molecule has 1 atom stereocenters. The number of pyridine rings is 1. The lowest BCUT2D eigenvalue weighted by Crippen LogP contribution is -2.57. The highest BCUT2D eigenvalue weighted by atomic mass is 19.1. The first-order valence-corrected chi connectivity index (χ1v) is 8.95. The Kier molecular flexibility index (Phi) is 4.20. The van der Waals surface area contributed by atoms with Crippen LogP contribution in [0.1, 0.15) is 44.1 Å². The molecule has 1 saturated heterocycles. The van der Waals surface area contributed by atoms with Crippen molar-refractivity contribution in [1.29, 1.82) is 0 Å². The Morgan fingerprint density at radius 1 is 1.36 bits per heavy atom. The maximum absolute atomic E-state index is 13.7. The van der Waals surface area contributed by atoms with E-state index in [0.717, 1.165) is 42.1 Å². The van der Waals surface area contributed by atoms with Crippen LogP contribution in [0.25, 0.3) is 10.9 Å². The van der Waals surface area contributed by atoms with Crippen molar-refractivity contribution in [3.05, 3.63) is 41.8 Å². The zero-order chi connectivity index (χ0) is 17.4. The van der Waals surface area contributed by atoms with E-state index in [1.165, 1.54) is 6.07 Å². The molecular weight excluding hydrogens is 321 g/mol. The molecule has 1 aromatic heterocycles. The minimum atomic E-state index is -0.417. The normalized spacial score (nSPS) is 28.7. The van der Waals surface area contributed by atoms with Crippen LogP contribution in [-0.2, 0) is 14.3 Å². The number of fused-ring (bicyclic) bond motifs is 1. The summed E-state index contributed by atoms with van der Waals surface area (Å²) in [6.45, 7) is 2.83. The highest BCUT2D eigenvalue weighted by molar-refractivity contribution is 5.82. The third-order valence-corrected chi connectivity index (χ3v) is 5.75. The summed E-state index contributed by atoms with van der Waals surface area (Å²) in [6.07, 6.45) is 5.18. The highest BCUT2D eigenvalue weighted by Crippen LogP contribution is 2.51. The van der Waals surface area contributed by atoms with E-state index in [2.05, 4.69) is 4.98 Å². The monoisotopic (exact) mass is 343 g/mol. The molecule has 0 bridgehead atoms. The number of nitrogens with zero attached hydrogens (tertiary/aromatic N) is 1. The smallest absolute Gasteiger partial charge is 0.335 e. The second kappa shape index (κ2) is 6.37. The fourth-order valence-corrected chi connectivity index (χ4v) is 4.34. The summed E-state index contributed by atoms with van der Waals surface area (Å²) in [5.41, 5.74) is 1.92. The first kappa shape index (κ1) is 16.5. The zero-order valence-corrected chi connectivity index (χ0v) is 14.3. The Balaban J connectivity index is 1.53. The lowest BCUT2D eigenvalue weighted by Gasteiger charge is -2.51. The first-order chi connectivity index (χ1) is 12.1. The van der Waals surface area contributed by atoms with Gasteiger partial charge in [-0.25, -0.2) is 9.18 Å². The van der Waals surface area contributed by atoms with Crippen LogP contribution < -0.4 is 0 Å². The topological polar surface area (TPSA) is 48.4 Å². The average Bonchev–Trinajstić information content (AvgIpc) is 2.60. The van der Waals surface area contributed by atoms with Crippen molar-refractivity contribution in [2.24, 2.45) is 5.41 Å². The van der Waals surface area contributed by atoms with Gasteiger partial charge in [0.05, 0.1) is 18.7 Å². The van der Waals surface area contributed by atoms with Gasteiger partial charge in [-0.05, 0) is 68.4 Å². The zero-order valence-electron chi connectivity index (χ0n) is 14.3. The van der Waals surface area contributed by atoms with E-state index in [1.54, 1.807) is 18.3 Å². The van der Waals surface area contributed by atoms with Crippen molar-refractivity contribution in [3.8, 4) is 0 Å². The van der Waals surface area contributed by atoms with Crippen LogP contribution in [0.2, 0.25) is 0 Å². The molecule has 0 amide bonds. The number of aromatic nitrogens is 1. The van der Waals surface area contributed by atoms with Gasteiger partial charge < -0.3 is 9.47 Å². The van der Waals surface area contributed by atoms with E-state index < -0.39 is 6.10 Å². The molecule has 2 aromatic rings. The number of rotatable bonds is 3. The van der Waals surface area contributed by atoms with Crippen LogP contribution in [0.15, 0.2) is 30.5 Å². The lowest BCUT2D eigenvalue weighted by atomic mass is 9.63. The van der Waals surface area contributed by atoms with Gasteiger partial charge in [-0.2, -0.15) is 0 Å². The number of ether oxygens (including phenoxy) is 2. The van der Waals surface area contributed by atoms with Crippen molar-refractivity contribution in [2.75, 3.05) is 13.2 Å². The average molecular weight is 343 g/mol. The number of carbonyl (C=O) groups excluding carboxylic acids is 1. The van der Waals surface area contributed by atoms with Crippen molar-refractivity contribution < 1.29 is 18.7 Å². The summed E-state index contributed by atoms with van der Waals surface area (Å²) in [5, 5.41) is 0.898. The Morgan fingerprint density at radius 2 is 2.16 bits per heavy atom. The number of benzene rings is 1. The van der Waals surface area contributed by atoms with Gasteiger partial charge in [0.15, 0.2) is 6.10 Å². The van der Waals surface area contributed by atoms with E-state index in [-0.39, 0.29) is 17.2 Å². The third kappa shape index (κ3) is 2.80. The van der Waals surface area contributed by atoms with E-state index in [4.69, 9.17) is 9.47 Å². The molecule has 2 fully saturated rings. The molecule has 0 radical (unpaired) electrons. The Hall–Kier alpha value is -2.01. The second-order valence-corrected chi connectivity index (χ2v) is 7.14. The number of hydrogen-bond acceptors (Lipinski definition) is 4. The van der Waals surface area contributed by atoms with Gasteiger partial charge >= 0.3 is 5.97 Å². The maximum Gasteiger partial charge on any atom is 0.335 e. The van der Waals surface area contributed by atoms with Gasteiger partial charge in [-0.15, -0.1) is 0 Å². The summed E-state index contributed by atoms with van der Waals surface area (Å²) >= 11 is 0. The van der Waals surface area contributed by atoms with Gasteiger partial charge in [0.1, 0.15) is 5.82 Å². The molecule has 2 aliphatic rings. The van der Waals surface area contributed by atoms with Crippen molar-refractivity contribution in [1.82, 2.24) is 4.98 Å². The van der Waals surface area contributed by atoms with Gasteiger partial charge in [0.25, 0.3) is 0 Å². The molecule has 4 rings (SSSR count).